The first-order chi connectivity index (χ1) is 14.9. The molecule has 3 rings (SSSR count). The smallest absolute Gasteiger partial charge is 0.340 e. The molecule has 0 spiro atoms. The van der Waals surface area contributed by atoms with Crippen LogP contribution in [0.5, 0.6) is 0 Å². The van der Waals surface area contributed by atoms with Gasteiger partial charge in [0.15, 0.2) is 6.79 Å². The Morgan fingerprint density at radius 2 is 1.68 bits per heavy atom. The minimum absolute atomic E-state index is 0.0566. The van der Waals surface area contributed by atoms with Crippen molar-refractivity contribution < 1.29 is 19.1 Å². The van der Waals surface area contributed by atoms with Gasteiger partial charge >= 0.3 is 5.97 Å². The van der Waals surface area contributed by atoms with Crippen molar-refractivity contribution in [2.75, 3.05) is 19.2 Å². The van der Waals surface area contributed by atoms with Crippen molar-refractivity contribution in [3.63, 3.8) is 0 Å². The van der Waals surface area contributed by atoms with Gasteiger partial charge in [-0.15, -0.1) is 0 Å². The predicted molar refractivity (Wildman–Crippen MR) is 120 cm³/mol. The summed E-state index contributed by atoms with van der Waals surface area (Å²) in [6, 6.07) is 18.3. The summed E-state index contributed by atoms with van der Waals surface area (Å²) >= 11 is 6.08. The molecule has 0 radical (unpaired) electrons. The van der Waals surface area contributed by atoms with Crippen molar-refractivity contribution in [2.24, 2.45) is 5.73 Å². The van der Waals surface area contributed by atoms with Gasteiger partial charge in [-0.2, -0.15) is 0 Å². The molecule has 0 aliphatic rings. The molecular formula is C23H20ClN3O4. The van der Waals surface area contributed by atoms with E-state index in [1.54, 1.807) is 60.7 Å². The summed E-state index contributed by atoms with van der Waals surface area (Å²) in [6.45, 7) is -0.205. The molecule has 0 unspecified atom stereocenters. The van der Waals surface area contributed by atoms with E-state index in [9.17, 15) is 9.59 Å². The number of rotatable bonds is 7. The summed E-state index contributed by atoms with van der Waals surface area (Å²) in [7, 11) is 1.41. The second-order valence-corrected chi connectivity index (χ2v) is 6.96. The Labute approximate surface area is 184 Å². The number of amidine groups is 1. The normalized spacial score (nSPS) is 10.4. The van der Waals surface area contributed by atoms with E-state index in [0.717, 1.165) is 0 Å². The quantitative estimate of drug-likeness (QED) is 0.220. The highest BCUT2D eigenvalue weighted by Gasteiger charge is 2.20. The van der Waals surface area contributed by atoms with E-state index < -0.39 is 5.97 Å². The maximum Gasteiger partial charge on any atom is 0.340 e. The molecule has 4 N–H and O–H groups in total. The van der Waals surface area contributed by atoms with E-state index in [0.29, 0.717) is 33.0 Å². The van der Waals surface area contributed by atoms with Crippen LogP contribution in [-0.2, 0) is 9.47 Å². The van der Waals surface area contributed by atoms with Crippen LogP contribution in [0.25, 0.3) is 11.1 Å². The Bertz CT molecular complexity index is 1130. The van der Waals surface area contributed by atoms with Crippen molar-refractivity contribution in [1.82, 2.24) is 0 Å². The summed E-state index contributed by atoms with van der Waals surface area (Å²) in [5.74, 6) is -1.04. The third-order valence-corrected chi connectivity index (χ3v) is 4.66. The molecule has 7 nitrogen and oxygen atoms in total. The number of anilines is 1. The summed E-state index contributed by atoms with van der Waals surface area (Å²) in [5, 5.41) is 10.6. The molecule has 8 heteroatoms. The van der Waals surface area contributed by atoms with Gasteiger partial charge in [0.25, 0.3) is 5.91 Å². The van der Waals surface area contributed by atoms with Crippen LogP contribution in [0.3, 0.4) is 0 Å². The van der Waals surface area contributed by atoms with Crippen LogP contribution in [0, 0.1) is 5.41 Å². The van der Waals surface area contributed by atoms with Crippen LogP contribution >= 0.6 is 11.6 Å². The molecular weight excluding hydrogens is 418 g/mol. The lowest BCUT2D eigenvalue weighted by atomic mass is 9.95. The fourth-order valence-corrected chi connectivity index (χ4v) is 3.13. The molecule has 0 atom stereocenters. The lowest BCUT2D eigenvalue weighted by molar-refractivity contribution is -0.0124. The molecule has 0 bridgehead atoms. The Morgan fingerprint density at radius 1 is 1.00 bits per heavy atom. The lowest BCUT2D eigenvalue weighted by Gasteiger charge is -2.14. The molecule has 3 aromatic rings. The second-order valence-electron chi connectivity index (χ2n) is 6.52. The highest BCUT2D eigenvalue weighted by Crippen LogP contribution is 2.30. The first-order valence-corrected chi connectivity index (χ1v) is 9.59. The second kappa shape index (κ2) is 9.88. The summed E-state index contributed by atoms with van der Waals surface area (Å²) in [6.07, 6.45) is 0. The predicted octanol–water partition coefficient (Wildman–Crippen LogP) is 4.30. The fraction of sp³-hybridized carbons (Fsp3) is 0.0870. The van der Waals surface area contributed by atoms with E-state index in [1.807, 2.05) is 0 Å². The number of ether oxygens (including phenoxy) is 2. The maximum atomic E-state index is 13.0. The van der Waals surface area contributed by atoms with Gasteiger partial charge in [-0.25, -0.2) is 4.79 Å². The maximum absolute atomic E-state index is 13.0. The summed E-state index contributed by atoms with van der Waals surface area (Å²) < 4.78 is 9.87. The third kappa shape index (κ3) is 5.28. The van der Waals surface area contributed by atoms with Gasteiger partial charge < -0.3 is 20.5 Å². The van der Waals surface area contributed by atoms with Crippen molar-refractivity contribution in [3.05, 3.63) is 88.4 Å². The van der Waals surface area contributed by atoms with Gasteiger partial charge in [-0.3, -0.25) is 10.2 Å². The van der Waals surface area contributed by atoms with Crippen molar-refractivity contribution in [1.29, 1.82) is 5.41 Å². The van der Waals surface area contributed by atoms with Crippen LogP contribution in [0.4, 0.5) is 5.69 Å². The molecule has 0 fully saturated rings. The molecule has 0 aliphatic carbocycles. The molecule has 0 aliphatic heterocycles. The molecule has 1 amide bonds. The number of carbonyl (C=O) groups excluding carboxylic acids is 2. The molecule has 31 heavy (non-hydrogen) atoms. The SMILES string of the molecule is COCOC(=O)c1cc(Cl)ccc1-c1ccccc1C(=O)Nc1ccc(C(=N)N)cc1. The Balaban J connectivity index is 1.96. The van der Waals surface area contributed by atoms with E-state index >= 15 is 0 Å². The van der Waals surface area contributed by atoms with Crippen molar-refractivity contribution in [2.45, 2.75) is 0 Å². The van der Waals surface area contributed by atoms with Crippen molar-refractivity contribution in [3.8, 4) is 11.1 Å². The van der Waals surface area contributed by atoms with Crippen LogP contribution in [0.15, 0.2) is 66.7 Å². The number of amides is 1. The van der Waals surface area contributed by atoms with Gasteiger partial charge in [0.2, 0.25) is 0 Å². The zero-order chi connectivity index (χ0) is 22.4. The topological polar surface area (TPSA) is 114 Å². The Hall–Kier alpha value is -3.68. The molecule has 0 heterocycles. The highest BCUT2D eigenvalue weighted by atomic mass is 35.5. The van der Waals surface area contributed by atoms with Crippen LogP contribution in [0.2, 0.25) is 5.02 Å². The van der Waals surface area contributed by atoms with Gasteiger partial charge in [0.05, 0.1) is 5.56 Å². The number of carbonyl (C=O) groups is 2. The van der Waals surface area contributed by atoms with Crippen LogP contribution in [-0.4, -0.2) is 31.6 Å². The number of esters is 1. The molecule has 3 aromatic carbocycles. The zero-order valence-corrected chi connectivity index (χ0v) is 17.4. The van der Waals surface area contributed by atoms with E-state index in [-0.39, 0.29) is 24.1 Å². The van der Waals surface area contributed by atoms with Crippen LogP contribution in [0.1, 0.15) is 26.3 Å². The minimum atomic E-state index is -0.616. The number of hydrogen-bond donors (Lipinski definition) is 3. The van der Waals surface area contributed by atoms with E-state index in [4.69, 9.17) is 32.2 Å². The summed E-state index contributed by atoms with van der Waals surface area (Å²) in [5.41, 5.74) is 8.18. The third-order valence-electron chi connectivity index (χ3n) is 4.43. The molecule has 158 valence electrons. The Kier molecular flexibility index (Phi) is 7.02. The number of nitrogen functional groups attached to an aromatic ring is 1. The number of benzene rings is 3. The lowest BCUT2D eigenvalue weighted by Crippen LogP contribution is -2.15. The molecule has 0 saturated carbocycles. The van der Waals surface area contributed by atoms with Gasteiger partial charge in [-0.05, 0) is 53.6 Å². The molecule has 0 aromatic heterocycles. The number of nitrogens with one attached hydrogen (secondary N) is 2. The standard InChI is InChI=1S/C23H20ClN3O4/c1-30-13-31-23(29)20-12-15(24)8-11-18(20)17-4-2-3-5-19(17)22(28)27-16-9-6-14(7-10-16)21(25)26/h2-12H,13H2,1H3,(H3,25,26)(H,27,28). The fourth-order valence-electron chi connectivity index (χ4n) is 2.96. The number of nitrogens with two attached hydrogens (primary N) is 1. The van der Waals surface area contributed by atoms with Gasteiger partial charge in [-0.1, -0.05) is 35.9 Å². The highest BCUT2D eigenvalue weighted by molar-refractivity contribution is 6.31. The van der Waals surface area contributed by atoms with Gasteiger partial charge in [0.1, 0.15) is 5.84 Å². The first kappa shape index (κ1) is 22.0. The number of halogens is 1. The largest absolute Gasteiger partial charge is 0.435 e. The average Bonchev–Trinajstić information content (AvgIpc) is 2.77. The van der Waals surface area contributed by atoms with Crippen LogP contribution < -0.4 is 11.1 Å². The van der Waals surface area contributed by atoms with E-state index in [1.165, 1.54) is 13.2 Å². The van der Waals surface area contributed by atoms with Gasteiger partial charge in [0, 0.05) is 28.9 Å². The molecule has 0 saturated heterocycles. The average molecular weight is 438 g/mol. The summed E-state index contributed by atoms with van der Waals surface area (Å²) in [4.78, 5) is 25.5. The van der Waals surface area contributed by atoms with Crippen molar-refractivity contribution >= 4 is 35.0 Å². The monoisotopic (exact) mass is 437 g/mol. The number of methoxy groups -OCH3 is 1. The Morgan fingerprint density at radius 3 is 2.35 bits per heavy atom. The number of hydrogen-bond acceptors (Lipinski definition) is 5. The minimum Gasteiger partial charge on any atom is -0.435 e. The first-order valence-electron chi connectivity index (χ1n) is 9.21. The van der Waals surface area contributed by atoms with E-state index in [2.05, 4.69) is 5.32 Å². The zero-order valence-electron chi connectivity index (χ0n) is 16.6.